The molecule has 0 radical (unpaired) electrons. The molecular formula is C52H68N2O10S. The Bertz CT molecular complexity index is 2030. The van der Waals surface area contributed by atoms with Crippen molar-refractivity contribution in [2.75, 3.05) is 52.4 Å². The fourth-order valence-electron chi connectivity index (χ4n) is 10.1. The second-order valence-corrected chi connectivity index (χ2v) is 18.2. The zero-order valence-corrected chi connectivity index (χ0v) is 39.0. The Kier molecular flexibility index (Phi) is 18.2. The first-order valence-corrected chi connectivity index (χ1v) is 24.9. The molecule has 2 heterocycles. The second kappa shape index (κ2) is 24.4. The average Bonchev–Trinajstić information content (AvgIpc) is 3.34. The van der Waals surface area contributed by atoms with Gasteiger partial charge in [0, 0.05) is 49.0 Å². The molecule has 12 nitrogen and oxygen atoms in total. The number of amides is 1. The maximum Gasteiger partial charge on any atom is 0.410 e. The first kappa shape index (κ1) is 48.6. The van der Waals surface area contributed by atoms with E-state index in [4.69, 9.17) is 38.4 Å². The van der Waals surface area contributed by atoms with Gasteiger partial charge < -0.3 is 43.5 Å². The van der Waals surface area contributed by atoms with E-state index in [2.05, 4.69) is 25.0 Å². The number of rotatable bonds is 24. The lowest BCUT2D eigenvalue weighted by Crippen LogP contribution is -2.70. The molecule has 0 spiro atoms. The van der Waals surface area contributed by atoms with Gasteiger partial charge in [0.25, 0.3) is 0 Å². The monoisotopic (exact) mass is 912 g/mol. The lowest BCUT2D eigenvalue weighted by atomic mass is 9.55. The number of oxime groups is 1. The van der Waals surface area contributed by atoms with E-state index in [0.717, 1.165) is 72.3 Å². The third-order valence-corrected chi connectivity index (χ3v) is 13.7. The number of hydrogen-bond acceptors (Lipinski definition) is 12. The highest BCUT2D eigenvalue weighted by Gasteiger charge is 2.65. The number of aliphatic hydroxyl groups excluding tert-OH is 2. The zero-order valence-electron chi connectivity index (χ0n) is 38.2. The summed E-state index contributed by atoms with van der Waals surface area (Å²) in [4.78, 5) is 23.8. The molecule has 0 bridgehead atoms. The van der Waals surface area contributed by atoms with E-state index in [0.29, 0.717) is 56.2 Å². The van der Waals surface area contributed by atoms with E-state index in [1.807, 2.05) is 73.7 Å². The van der Waals surface area contributed by atoms with Crippen molar-refractivity contribution in [3.05, 3.63) is 108 Å². The summed E-state index contributed by atoms with van der Waals surface area (Å²) in [5, 5.41) is 24.9. The summed E-state index contributed by atoms with van der Waals surface area (Å²) < 4.78 is 39.0. The predicted molar refractivity (Wildman–Crippen MR) is 252 cm³/mol. The summed E-state index contributed by atoms with van der Waals surface area (Å²) in [6.45, 7) is 8.15. The van der Waals surface area contributed by atoms with Gasteiger partial charge in [-0.3, -0.25) is 4.90 Å². The molecule has 1 saturated carbocycles. The van der Waals surface area contributed by atoms with Crippen LogP contribution in [0.4, 0.5) is 4.79 Å². The Morgan fingerprint density at radius 3 is 2.49 bits per heavy atom. The van der Waals surface area contributed by atoms with Crippen LogP contribution in [0.15, 0.2) is 107 Å². The molecule has 2 aliphatic heterocycles. The lowest BCUT2D eigenvalue weighted by molar-refractivity contribution is -0.255. The smallest absolute Gasteiger partial charge is 0.410 e. The highest BCUT2D eigenvalue weighted by Crippen LogP contribution is 2.62. The minimum absolute atomic E-state index is 0.0638. The highest BCUT2D eigenvalue weighted by atomic mass is 32.2. The van der Waals surface area contributed by atoms with E-state index in [-0.39, 0.29) is 57.2 Å². The van der Waals surface area contributed by atoms with Gasteiger partial charge in [0.05, 0.1) is 38.1 Å². The minimum Gasteiger partial charge on any atom is -0.459 e. The fraction of sp³-hybridized carbons (Fsp3) is 0.538. The summed E-state index contributed by atoms with van der Waals surface area (Å²) in [5.74, 6) is 0.135. The number of fused-ring (bicyclic) bond motifs is 2. The molecule has 4 aliphatic rings. The van der Waals surface area contributed by atoms with E-state index < -0.39 is 30.1 Å². The van der Waals surface area contributed by atoms with Crippen molar-refractivity contribution in [1.82, 2.24) is 4.90 Å². The number of unbranched alkanes of at least 4 members (excludes halogenated alkanes) is 2. The molecule has 0 aromatic heterocycles. The number of carbonyl (C=O) groups excluding carboxylic acids is 1. The van der Waals surface area contributed by atoms with Gasteiger partial charge >= 0.3 is 6.09 Å². The van der Waals surface area contributed by atoms with Crippen LogP contribution in [0.3, 0.4) is 0 Å². The summed E-state index contributed by atoms with van der Waals surface area (Å²) in [7, 11) is 0. The lowest BCUT2D eigenvalue weighted by Gasteiger charge is -2.60. The van der Waals surface area contributed by atoms with Crippen molar-refractivity contribution < 1.29 is 48.3 Å². The van der Waals surface area contributed by atoms with Gasteiger partial charge in [0.15, 0.2) is 0 Å². The van der Waals surface area contributed by atoms with Crippen LogP contribution in [0.2, 0.25) is 0 Å². The average molecular weight is 913 g/mol. The molecule has 352 valence electrons. The quantitative estimate of drug-likeness (QED) is 0.0384. The van der Waals surface area contributed by atoms with Gasteiger partial charge in [-0.05, 0) is 117 Å². The molecule has 1 unspecified atom stereocenters. The molecule has 13 heteroatoms. The van der Waals surface area contributed by atoms with Crippen molar-refractivity contribution in [3.8, 4) is 17.2 Å². The number of carbonyl (C=O) groups is 1. The molecule has 7 rings (SSSR count). The number of nitrogens with zero attached hydrogens (tertiary/aromatic N) is 2. The number of ether oxygens (including phenoxy) is 6. The van der Waals surface area contributed by atoms with Crippen LogP contribution in [0.25, 0.3) is 0 Å². The number of aliphatic hydroxyl groups is 2. The first-order valence-electron chi connectivity index (χ1n) is 23.7. The molecule has 1 saturated heterocycles. The first-order chi connectivity index (χ1) is 31.9. The largest absolute Gasteiger partial charge is 0.459 e. The van der Waals surface area contributed by atoms with Crippen molar-refractivity contribution in [2.45, 2.75) is 113 Å². The number of thioether (sulfide) groups is 1. The van der Waals surface area contributed by atoms with Crippen LogP contribution in [0, 0.1) is 17.8 Å². The number of allylic oxidation sites excluding steroid dienone is 1. The molecular weight excluding hydrogens is 845 g/mol. The second-order valence-electron chi connectivity index (χ2n) is 17.3. The van der Waals surface area contributed by atoms with Gasteiger partial charge in [-0.1, -0.05) is 67.4 Å². The Labute approximate surface area is 389 Å². The van der Waals surface area contributed by atoms with Crippen LogP contribution in [0.5, 0.6) is 17.2 Å². The topological polar surface area (TPSA) is 138 Å². The van der Waals surface area contributed by atoms with Crippen LogP contribution in [-0.2, 0) is 30.4 Å². The molecule has 2 N–H and O–H groups in total. The zero-order chi connectivity index (χ0) is 45.4. The molecule has 2 fully saturated rings. The van der Waals surface area contributed by atoms with Crippen LogP contribution in [-0.4, -0.2) is 97.5 Å². The van der Waals surface area contributed by atoms with Gasteiger partial charge in [0.2, 0.25) is 12.1 Å². The Hall–Kier alpha value is -4.37. The van der Waals surface area contributed by atoms with Crippen molar-refractivity contribution in [1.29, 1.82) is 0 Å². The molecule has 65 heavy (non-hydrogen) atoms. The summed E-state index contributed by atoms with van der Waals surface area (Å²) in [6, 6.07) is 23.3. The number of benzene rings is 3. The maximum atomic E-state index is 14.6. The van der Waals surface area contributed by atoms with Crippen LogP contribution in [0.1, 0.15) is 94.6 Å². The van der Waals surface area contributed by atoms with Gasteiger partial charge in [-0.15, -0.1) is 18.3 Å². The summed E-state index contributed by atoms with van der Waals surface area (Å²) >= 11 is 1.68. The van der Waals surface area contributed by atoms with Crippen molar-refractivity contribution >= 4 is 23.6 Å². The highest BCUT2D eigenvalue weighted by molar-refractivity contribution is 7.98. The Morgan fingerprint density at radius 1 is 0.985 bits per heavy atom. The van der Waals surface area contributed by atoms with E-state index in [1.165, 1.54) is 0 Å². The van der Waals surface area contributed by atoms with Gasteiger partial charge in [-0.25, -0.2) is 4.79 Å². The van der Waals surface area contributed by atoms with E-state index >= 15 is 0 Å². The summed E-state index contributed by atoms with van der Waals surface area (Å²) in [5.41, 5.74) is 3.69. The third-order valence-electron chi connectivity index (χ3n) is 13.0. The van der Waals surface area contributed by atoms with Gasteiger partial charge in [0.1, 0.15) is 29.9 Å². The van der Waals surface area contributed by atoms with Crippen molar-refractivity contribution in [2.24, 2.45) is 22.9 Å². The molecule has 7 atom stereocenters. The van der Waals surface area contributed by atoms with Gasteiger partial charge in [-0.2, -0.15) is 0 Å². The van der Waals surface area contributed by atoms with Crippen molar-refractivity contribution in [3.63, 3.8) is 0 Å². The van der Waals surface area contributed by atoms with E-state index in [9.17, 15) is 15.0 Å². The standard InChI is InChI=1S/C52H68N2O10S/c1-4-26-54(51(57)60-32-31-58-36-37-15-7-6-8-16-37)47-35-45(53-64-48-19-11-14-30-59-48)43-33-38(17-9-12-27-55)42(18-10-13-28-56)49-44-34-40(62-39-20-23-41(65-3)24-21-39)22-25-46(44)63-52(47,50(43)49)61-29-5-2/h5-8,15-16,20-25,33-34,38,42,47-50,55-56H,2,4,9-14,17-19,26-32,35-36H2,1,3H3/t38-,42+,47-,48?,49+,50+,52+/m0/s1. The number of hydrogen-bond donors (Lipinski definition) is 2. The normalized spacial score (nSPS) is 25.1. The van der Waals surface area contributed by atoms with E-state index in [1.54, 1.807) is 22.7 Å². The molecule has 1 amide bonds. The molecule has 2 aliphatic carbocycles. The SMILES string of the molecule is C=CCO[C@@]12Oc3ccc(Oc4ccc(SC)cc4)cc3[C@H]3[C@H](CCCCO)[C@@H](CCCCO)C=C(C(=NOC4CCCCO4)C[C@@H]1N(CCC)C(=O)OCCOCc1ccccc1)[C@H]32. The van der Waals surface area contributed by atoms with Crippen LogP contribution >= 0.6 is 11.8 Å². The Balaban J connectivity index is 1.34. The molecule has 3 aromatic rings. The Morgan fingerprint density at radius 2 is 1.77 bits per heavy atom. The fourth-order valence-corrected chi connectivity index (χ4v) is 10.5. The minimum atomic E-state index is -1.41. The molecule has 3 aromatic carbocycles. The predicted octanol–water partition coefficient (Wildman–Crippen LogP) is 10.4. The third kappa shape index (κ3) is 12.0. The maximum absolute atomic E-state index is 14.6. The van der Waals surface area contributed by atoms with Crippen LogP contribution < -0.4 is 9.47 Å². The summed E-state index contributed by atoms with van der Waals surface area (Å²) in [6.07, 6.45) is 13.4.